The molecule has 1 spiro atoms. The standard InChI is InChI=1S/C38H52O3S4Si2.C30H32O2S4/c1-9-11-13-15-17-25-21-29(44-36(25)46(3,4)5)31-23-27-33(42-31)34-28(38(35(27)39)40-19-20-41-38)24-32(43-34)30-22-26(18-16-14-12-10-2)37(45-30)47(6,7)8;1-3-5-7-9-11-19-13-23(33-17-19)25-15-21-27(31)28(32)22-16-26(36-30(22)29(21)35-25)24-14-20(18-34-24)12-10-8-6-4-2/h21-24H,9-20H2,1-8H3;13-18H,3-12H2,1-2H3. The lowest BCUT2D eigenvalue weighted by atomic mass is 9.89. The van der Waals surface area contributed by atoms with Crippen LogP contribution in [0.4, 0.5) is 0 Å². The van der Waals surface area contributed by atoms with E-state index in [9.17, 15) is 14.4 Å². The second kappa shape index (κ2) is 27.6. The van der Waals surface area contributed by atoms with Crippen LogP contribution in [0.25, 0.3) is 58.5 Å². The van der Waals surface area contributed by atoms with E-state index < -0.39 is 21.9 Å². The molecule has 1 saturated heterocycles. The number of hydrogen-bond donors (Lipinski definition) is 0. The number of fused-ring (bicyclic) bond motifs is 7. The molecule has 83 heavy (non-hydrogen) atoms. The van der Waals surface area contributed by atoms with Crippen LogP contribution < -0.4 is 9.00 Å². The van der Waals surface area contributed by atoms with E-state index in [0.717, 1.165) is 66.1 Å². The van der Waals surface area contributed by atoms with Crippen LogP contribution >= 0.6 is 90.7 Å². The molecule has 8 aromatic heterocycles. The molecule has 5 nitrogen and oxygen atoms in total. The summed E-state index contributed by atoms with van der Waals surface area (Å²) in [5.41, 5.74) is 8.70. The van der Waals surface area contributed by atoms with Gasteiger partial charge in [-0.2, -0.15) is 0 Å². The second-order valence-corrected chi connectivity index (χ2v) is 43.9. The molecule has 11 rings (SSSR count). The number of carbonyl (C=O) groups excluding carboxylic acids is 3. The molecule has 2 aliphatic carbocycles. The Balaban J connectivity index is 0.000000192. The Bertz CT molecular complexity index is 3440. The van der Waals surface area contributed by atoms with Crippen LogP contribution in [-0.4, -0.2) is 46.7 Å². The minimum Gasteiger partial charge on any atom is -0.337 e. The molecule has 0 aromatic carbocycles. The van der Waals surface area contributed by atoms with E-state index in [-0.39, 0.29) is 17.3 Å². The van der Waals surface area contributed by atoms with Gasteiger partial charge in [0.2, 0.25) is 17.3 Å². The monoisotopic (exact) mass is 1290 g/mol. The lowest BCUT2D eigenvalue weighted by molar-refractivity contribution is -0.126. The van der Waals surface area contributed by atoms with Crippen molar-refractivity contribution in [2.24, 2.45) is 0 Å². The molecular weight excluding hydrogens is 1210 g/mol. The highest BCUT2D eigenvalue weighted by molar-refractivity contribution is 7.34. The van der Waals surface area contributed by atoms with E-state index in [1.54, 1.807) is 71.2 Å². The number of unbranched alkanes of at least 4 members (excludes halogenated alkanes) is 12. The molecule has 8 aromatic rings. The largest absolute Gasteiger partial charge is 0.337 e. The fourth-order valence-corrected chi connectivity index (χ4v) is 26.3. The van der Waals surface area contributed by atoms with Crippen LogP contribution in [0.1, 0.15) is 189 Å². The van der Waals surface area contributed by atoms with Gasteiger partial charge in [0.05, 0.1) is 48.9 Å². The SMILES string of the molecule is CCCCCCc1cc(-c2cc3c(s2)-c2sc(-c4cc(CCCCCC)c([Si](C)(C)C)s4)cc2C2(OCCO2)C3=O)sc1[Si](C)(C)C.CCCCCCc1csc(-c2cc3c(s2)-c2sc(-c4cc(CCCCCC)cs4)cc2C(=O)C3=O)c1. The van der Waals surface area contributed by atoms with E-state index in [4.69, 9.17) is 9.47 Å². The smallest absolute Gasteiger partial charge is 0.262 e. The highest BCUT2D eigenvalue weighted by Gasteiger charge is 2.53. The average molecular weight is 1290 g/mol. The van der Waals surface area contributed by atoms with Crippen molar-refractivity contribution < 1.29 is 23.9 Å². The summed E-state index contributed by atoms with van der Waals surface area (Å²) in [6.07, 6.45) is 24.9. The molecule has 0 N–H and O–H groups in total. The Morgan fingerprint density at radius 3 is 1.18 bits per heavy atom. The van der Waals surface area contributed by atoms with Crippen molar-refractivity contribution in [3.63, 3.8) is 0 Å². The van der Waals surface area contributed by atoms with Crippen LogP contribution in [0.5, 0.6) is 0 Å². The van der Waals surface area contributed by atoms with Gasteiger partial charge in [-0.15, -0.1) is 90.7 Å². The third kappa shape index (κ3) is 13.8. The van der Waals surface area contributed by atoms with Crippen molar-refractivity contribution >= 4 is 133 Å². The number of ketones is 3. The summed E-state index contributed by atoms with van der Waals surface area (Å²) in [6, 6.07) is 17.8. The summed E-state index contributed by atoms with van der Waals surface area (Å²) < 4.78 is 15.8. The number of aryl methyl sites for hydroxylation is 4. The van der Waals surface area contributed by atoms with E-state index in [1.807, 2.05) is 46.1 Å². The minimum atomic E-state index is -1.51. The fraction of sp³-hybridized carbons (Fsp3) is 0.485. The van der Waals surface area contributed by atoms with E-state index in [1.165, 1.54) is 149 Å². The Kier molecular flexibility index (Phi) is 20.9. The number of thiophene rings is 8. The minimum absolute atomic E-state index is 0.0308. The van der Waals surface area contributed by atoms with Gasteiger partial charge in [0.1, 0.15) is 0 Å². The molecule has 1 aliphatic heterocycles. The normalized spacial score (nSPS) is 14.6. The maximum Gasteiger partial charge on any atom is 0.262 e. The molecule has 442 valence electrons. The molecule has 0 unspecified atom stereocenters. The molecule has 1 fully saturated rings. The zero-order valence-corrected chi connectivity index (χ0v) is 59.2. The lowest BCUT2D eigenvalue weighted by Gasteiger charge is -2.29. The van der Waals surface area contributed by atoms with Gasteiger partial charge in [0, 0.05) is 61.3 Å². The number of Topliss-reactive ketones (excluding diaryl/α,β-unsaturated/α-hetero) is 3. The van der Waals surface area contributed by atoms with Gasteiger partial charge in [-0.25, -0.2) is 0 Å². The second-order valence-electron chi connectivity index (χ2n) is 25.0. The molecule has 15 heteroatoms. The number of ether oxygens (including phenoxy) is 2. The van der Waals surface area contributed by atoms with Gasteiger partial charge in [-0.1, -0.05) is 144 Å². The van der Waals surface area contributed by atoms with Crippen molar-refractivity contribution in [2.45, 2.75) is 201 Å². The van der Waals surface area contributed by atoms with Crippen LogP contribution in [-0.2, 0) is 40.9 Å². The summed E-state index contributed by atoms with van der Waals surface area (Å²) in [5, 5.41) is 4.50. The van der Waals surface area contributed by atoms with Crippen molar-refractivity contribution in [1.29, 1.82) is 0 Å². The molecule has 0 radical (unpaired) electrons. The summed E-state index contributed by atoms with van der Waals surface area (Å²) >= 11 is 14.4. The van der Waals surface area contributed by atoms with Crippen LogP contribution in [0, 0.1) is 0 Å². The van der Waals surface area contributed by atoms with Gasteiger partial charge >= 0.3 is 0 Å². The molecule has 3 aliphatic rings. The first-order valence-electron chi connectivity index (χ1n) is 30.9. The third-order valence-corrected chi connectivity index (χ3v) is 33.4. The number of hydrogen-bond acceptors (Lipinski definition) is 13. The predicted molar refractivity (Wildman–Crippen MR) is 372 cm³/mol. The van der Waals surface area contributed by atoms with Gasteiger partial charge in [0.15, 0.2) is 0 Å². The number of rotatable bonds is 26. The van der Waals surface area contributed by atoms with Gasteiger partial charge in [-0.3, -0.25) is 14.4 Å². The van der Waals surface area contributed by atoms with Crippen molar-refractivity contribution in [2.75, 3.05) is 13.2 Å². The van der Waals surface area contributed by atoms with Crippen LogP contribution in [0.3, 0.4) is 0 Å². The first kappa shape index (κ1) is 63.0. The molecule has 9 heterocycles. The van der Waals surface area contributed by atoms with E-state index in [0.29, 0.717) is 24.3 Å². The van der Waals surface area contributed by atoms with Crippen molar-refractivity contribution in [1.82, 2.24) is 0 Å². The van der Waals surface area contributed by atoms with Crippen LogP contribution in [0.2, 0.25) is 39.3 Å². The maximum absolute atomic E-state index is 14.4. The summed E-state index contributed by atoms with van der Waals surface area (Å²) in [7, 11) is -3.02. The highest BCUT2D eigenvalue weighted by atomic mass is 32.1. The van der Waals surface area contributed by atoms with Crippen molar-refractivity contribution in [3.8, 4) is 58.5 Å². The molecule has 0 bridgehead atoms. The summed E-state index contributed by atoms with van der Waals surface area (Å²) in [4.78, 5) is 54.3. The quantitative estimate of drug-likeness (QED) is 0.0307. The average Bonchev–Trinajstić information content (AvgIpc) is 1.79. The Labute approximate surface area is 529 Å². The van der Waals surface area contributed by atoms with Crippen molar-refractivity contribution in [3.05, 3.63) is 104 Å². The topological polar surface area (TPSA) is 69.7 Å². The molecule has 0 saturated carbocycles. The van der Waals surface area contributed by atoms with Gasteiger partial charge < -0.3 is 9.47 Å². The lowest BCUT2D eigenvalue weighted by Crippen LogP contribution is -2.39. The predicted octanol–water partition coefficient (Wildman–Crippen LogP) is 22.2. The fourth-order valence-electron chi connectivity index (χ4n) is 11.7. The van der Waals surface area contributed by atoms with Crippen LogP contribution in [0.15, 0.2) is 59.3 Å². The zero-order chi connectivity index (χ0) is 58.6. The zero-order valence-electron chi connectivity index (χ0n) is 50.6. The molecule has 0 atom stereocenters. The highest BCUT2D eigenvalue weighted by Crippen LogP contribution is 2.56. The van der Waals surface area contributed by atoms with E-state index >= 15 is 0 Å². The summed E-state index contributed by atoms with van der Waals surface area (Å²) in [5.74, 6) is -2.07. The molecular formula is C68H84O5S8Si2. The maximum atomic E-state index is 14.4. The Hall–Kier alpha value is -3.04. The number of carbonyl (C=O) groups is 3. The first-order chi connectivity index (χ1) is 40.0. The van der Waals surface area contributed by atoms with Gasteiger partial charge in [-0.05, 0) is 142 Å². The summed E-state index contributed by atoms with van der Waals surface area (Å²) in [6.45, 7) is 24.7. The van der Waals surface area contributed by atoms with Gasteiger partial charge in [0.25, 0.3) is 5.79 Å². The third-order valence-electron chi connectivity index (χ3n) is 16.1. The Morgan fingerprint density at radius 2 is 0.759 bits per heavy atom. The first-order valence-corrected chi connectivity index (χ1v) is 44.5. The molecule has 0 amide bonds. The Morgan fingerprint density at radius 1 is 0.398 bits per heavy atom. The van der Waals surface area contributed by atoms with E-state index in [2.05, 4.69) is 114 Å².